The molecule has 0 aliphatic heterocycles. The van der Waals surface area contributed by atoms with Gasteiger partial charge in [-0.2, -0.15) is 0 Å². The van der Waals surface area contributed by atoms with E-state index in [9.17, 15) is 9.79 Å². The van der Waals surface area contributed by atoms with Gasteiger partial charge >= 0.3 is 0 Å². The van der Waals surface area contributed by atoms with E-state index in [1.807, 2.05) is 0 Å². The standard InChI is InChI=1S/C22H49O2PS2/c1-3-5-7-9-11-13-15-17-19-21-27(25(23,24)26)22-20-18-16-14-12-10-8-6-4-2/h23-24,26H,3-22H2,1-2H3. The van der Waals surface area contributed by atoms with Gasteiger partial charge in [-0.05, 0) is 24.3 Å². The van der Waals surface area contributed by atoms with Crippen LogP contribution < -0.4 is 0 Å². The van der Waals surface area contributed by atoms with E-state index in [0.717, 1.165) is 24.3 Å². The molecule has 0 aromatic rings. The smallest absolute Gasteiger partial charge is 0.198 e. The van der Waals surface area contributed by atoms with Crippen molar-refractivity contribution in [3.63, 3.8) is 0 Å². The molecule has 0 aliphatic carbocycles. The summed E-state index contributed by atoms with van der Waals surface area (Å²) in [6.45, 7) is 4.52. The molecule has 2 N–H and O–H groups in total. The molecule has 27 heavy (non-hydrogen) atoms. The Bertz CT molecular complexity index is 337. The Morgan fingerprint density at radius 2 is 0.778 bits per heavy atom. The van der Waals surface area contributed by atoms with E-state index < -0.39 is 5.69 Å². The maximum atomic E-state index is 10.1. The third kappa shape index (κ3) is 20.1. The Kier molecular flexibility index (Phi) is 21.1. The molecule has 2 nitrogen and oxygen atoms in total. The van der Waals surface area contributed by atoms with Crippen LogP contribution in [0.3, 0.4) is 0 Å². The van der Waals surface area contributed by atoms with E-state index in [4.69, 9.17) is 0 Å². The minimum absolute atomic E-state index is 0.278. The van der Waals surface area contributed by atoms with Gasteiger partial charge in [0, 0.05) is 0 Å². The SMILES string of the molecule is CCCCCCCCCCCS(CCCCCCCCCCC)=P(O)(O)S. The lowest BCUT2D eigenvalue weighted by molar-refractivity contribution is 0.502. The summed E-state index contributed by atoms with van der Waals surface area (Å²) in [5.41, 5.74) is -2.95. The van der Waals surface area contributed by atoms with Gasteiger partial charge in [0.2, 0.25) is 0 Å². The first kappa shape index (κ1) is 28.1. The third-order valence-corrected chi connectivity index (χ3v) is 12.8. The molecular formula is C22H49O2PS2. The van der Waals surface area contributed by atoms with Gasteiger partial charge in [-0.1, -0.05) is 129 Å². The lowest BCUT2D eigenvalue weighted by Gasteiger charge is -2.16. The topological polar surface area (TPSA) is 40.5 Å². The fourth-order valence-electron chi connectivity index (χ4n) is 3.51. The van der Waals surface area contributed by atoms with Crippen molar-refractivity contribution in [1.82, 2.24) is 0 Å². The largest absolute Gasteiger partial charge is 0.341 e. The number of hydrogen-bond acceptors (Lipinski definition) is 0. The van der Waals surface area contributed by atoms with Crippen LogP contribution in [0.4, 0.5) is 0 Å². The Morgan fingerprint density at radius 1 is 0.519 bits per heavy atom. The zero-order valence-electron chi connectivity index (χ0n) is 18.3. The lowest BCUT2D eigenvalue weighted by atomic mass is 10.1. The second-order valence-corrected chi connectivity index (χ2v) is 16.4. The normalized spacial score (nSPS) is 12.2. The zero-order chi connectivity index (χ0) is 20.2. The van der Waals surface area contributed by atoms with Gasteiger partial charge in [0.05, 0.1) is 0 Å². The monoisotopic (exact) mass is 440 g/mol. The van der Waals surface area contributed by atoms with Crippen molar-refractivity contribution < 1.29 is 9.79 Å². The summed E-state index contributed by atoms with van der Waals surface area (Å²) in [6, 6.07) is 0. The molecule has 0 aliphatic rings. The molecule has 0 radical (unpaired) electrons. The summed E-state index contributed by atoms with van der Waals surface area (Å²) in [7, 11) is -0.278. The molecule has 0 aromatic heterocycles. The highest BCUT2D eigenvalue weighted by Gasteiger charge is 2.10. The van der Waals surface area contributed by atoms with E-state index >= 15 is 0 Å². The summed E-state index contributed by atoms with van der Waals surface area (Å²) in [4.78, 5) is 20.1. The van der Waals surface area contributed by atoms with Gasteiger partial charge in [0.15, 0.2) is 5.69 Å². The van der Waals surface area contributed by atoms with E-state index in [1.54, 1.807) is 0 Å². The van der Waals surface area contributed by atoms with Gasteiger partial charge in [0.25, 0.3) is 0 Å². The predicted octanol–water partition coefficient (Wildman–Crippen LogP) is 8.26. The Balaban J connectivity index is 3.71. The van der Waals surface area contributed by atoms with Gasteiger partial charge in [-0.15, -0.1) is 10.1 Å². The van der Waals surface area contributed by atoms with Crippen LogP contribution in [0.15, 0.2) is 0 Å². The number of thiol groups is 1. The van der Waals surface area contributed by atoms with Crippen LogP contribution in [0.2, 0.25) is 0 Å². The molecule has 0 aromatic carbocycles. The van der Waals surface area contributed by atoms with Crippen molar-refractivity contribution in [2.75, 3.05) is 11.5 Å². The first-order valence-electron chi connectivity index (χ1n) is 11.8. The van der Waals surface area contributed by atoms with Crippen LogP contribution in [0.25, 0.3) is 0 Å². The fraction of sp³-hybridized carbons (Fsp3) is 1.00. The molecule has 0 heterocycles. The molecular weight excluding hydrogens is 391 g/mol. The Hall–Kier alpha value is 1.05. The summed E-state index contributed by atoms with van der Waals surface area (Å²) in [6.07, 6.45) is 23.7. The van der Waals surface area contributed by atoms with Crippen LogP contribution in [0.5, 0.6) is 0 Å². The van der Waals surface area contributed by atoms with Crippen LogP contribution >= 0.6 is 17.9 Å². The van der Waals surface area contributed by atoms with Crippen LogP contribution in [-0.2, 0) is 10.1 Å². The molecule has 0 spiro atoms. The highest BCUT2D eigenvalue weighted by molar-refractivity contribution is 8.65. The average Bonchev–Trinajstić information content (AvgIpc) is 2.62. The predicted molar refractivity (Wildman–Crippen MR) is 132 cm³/mol. The second-order valence-electron chi connectivity index (χ2n) is 8.04. The number of unbranched alkanes of at least 4 members (excludes halogenated alkanes) is 16. The first-order valence-corrected chi connectivity index (χ1v) is 16.8. The highest BCUT2D eigenvalue weighted by Crippen LogP contribution is 2.47. The third-order valence-electron chi connectivity index (χ3n) is 5.31. The lowest BCUT2D eigenvalue weighted by Crippen LogP contribution is -2.04. The van der Waals surface area contributed by atoms with Crippen molar-refractivity contribution in [3.8, 4) is 0 Å². The summed E-state index contributed by atoms with van der Waals surface area (Å²) >= 11 is 4.17. The van der Waals surface area contributed by atoms with Crippen LogP contribution in [0, 0.1) is 0 Å². The van der Waals surface area contributed by atoms with Crippen molar-refractivity contribution in [3.05, 3.63) is 0 Å². The van der Waals surface area contributed by atoms with Gasteiger partial charge in [0.1, 0.15) is 0 Å². The molecule has 0 rings (SSSR count). The van der Waals surface area contributed by atoms with Crippen LogP contribution in [0.1, 0.15) is 129 Å². The van der Waals surface area contributed by atoms with Crippen molar-refractivity contribution >= 4 is 28.0 Å². The van der Waals surface area contributed by atoms with E-state index in [1.165, 1.54) is 103 Å². The first-order chi connectivity index (χ1) is 13.0. The zero-order valence-corrected chi connectivity index (χ0v) is 20.9. The summed E-state index contributed by atoms with van der Waals surface area (Å²) < 4.78 is 0. The van der Waals surface area contributed by atoms with E-state index in [0.29, 0.717) is 0 Å². The minimum Gasteiger partial charge on any atom is -0.341 e. The van der Waals surface area contributed by atoms with Crippen LogP contribution in [-0.4, -0.2) is 21.3 Å². The van der Waals surface area contributed by atoms with Gasteiger partial charge in [-0.25, -0.2) is 0 Å². The molecule has 0 fully saturated rings. The molecule has 166 valence electrons. The molecule has 0 amide bonds. The van der Waals surface area contributed by atoms with E-state index in [2.05, 4.69) is 26.1 Å². The Labute approximate surface area is 178 Å². The molecule has 5 heteroatoms. The van der Waals surface area contributed by atoms with Gasteiger partial charge < -0.3 is 9.79 Å². The molecule has 0 saturated carbocycles. The second kappa shape index (κ2) is 20.3. The maximum absolute atomic E-state index is 10.1. The maximum Gasteiger partial charge on any atom is 0.198 e. The Morgan fingerprint density at radius 3 is 1.04 bits per heavy atom. The van der Waals surface area contributed by atoms with Crippen molar-refractivity contribution in [2.24, 2.45) is 0 Å². The quantitative estimate of drug-likeness (QED) is 0.101. The van der Waals surface area contributed by atoms with Gasteiger partial charge in [-0.3, -0.25) is 0 Å². The molecule has 0 unspecified atom stereocenters. The number of hydrogen-bond donors (Lipinski definition) is 3. The number of rotatable bonds is 20. The highest BCUT2D eigenvalue weighted by atomic mass is 32.9. The average molecular weight is 441 g/mol. The minimum atomic E-state index is -2.95. The van der Waals surface area contributed by atoms with Crippen molar-refractivity contribution in [1.29, 1.82) is 0 Å². The van der Waals surface area contributed by atoms with E-state index in [-0.39, 0.29) is 10.1 Å². The summed E-state index contributed by atoms with van der Waals surface area (Å²) in [5, 5.41) is 0. The van der Waals surface area contributed by atoms with Crippen molar-refractivity contribution in [2.45, 2.75) is 129 Å². The molecule has 0 bridgehead atoms. The molecule has 0 saturated heterocycles. The molecule has 0 atom stereocenters. The summed E-state index contributed by atoms with van der Waals surface area (Å²) in [5.74, 6) is 1.94. The fourth-order valence-corrected chi connectivity index (χ4v) is 8.99.